The van der Waals surface area contributed by atoms with Gasteiger partial charge in [-0.25, -0.2) is 0 Å². The number of nitrogens with one attached hydrogen (secondary N) is 1. The molecule has 0 aromatic heterocycles. The maximum atomic E-state index is 12.8. The molecule has 1 heterocycles. The van der Waals surface area contributed by atoms with Gasteiger partial charge in [0.2, 0.25) is 0 Å². The molecule has 1 unspecified atom stereocenters. The predicted octanol–water partition coefficient (Wildman–Crippen LogP) is 2.83. The third kappa shape index (κ3) is 4.52. The van der Waals surface area contributed by atoms with Crippen LogP contribution in [0, 0.1) is 5.41 Å². The first-order valence-corrected chi connectivity index (χ1v) is 9.86. The number of benzene rings is 1. The van der Waals surface area contributed by atoms with E-state index in [4.69, 9.17) is 0 Å². The molecule has 0 radical (unpaired) electrons. The monoisotopic (exact) mass is 341 g/mol. The first-order valence-electron chi connectivity index (χ1n) is 9.86. The van der Waals surface area contributed by atoms with Crippen molar-refractivity contribution >= 4 is 5.78 Å². The largest absolute Gasteiger partial charge is 0.328 e. The SMILES string of the molecule is CCCCN1C[NH+](CCc2ccccc2)CC2=C1CC(C)(C)CC2=O. The Labute approximate surface area is 152 Å². The molecule has 3 rings (SSSR count). The summed E-state index contributed by atoms with van der Waals surface area (Å²) < 4.78 is 0. The molecular formula is C22H33N2O+. The van der Waals surface area contributed by atoms with E-state index in [9.17, 15) is 4.79 Å². The zero-order chi connectivity index (χ0) is 17.9. The van der Waals surface area contributed by atoms with E-state index in [1.165, 1.54) is 29.0 Å². The molecule has 0 saturated carbocycles. The third-order valence-electron chi connectivity index (χ3n) is 5.58. The lowest BCUT2D eigenvalue weighted by atomic mass is 9.75. The van der Waals surface area contributed by atoms with Gasteiger partial charge in [-0.05, 0) is 23.8 Å². The molecule has 3 heteroatoms. The van der Waals surface area contributed by atoms with Gasteiger partial charge in [-0.15, -0.1) is 0 Å². The van der Waals surface area contributed by atoms with Crippen molar-refractivity contribution in [2.75, 3.05) is 26.3 Å². The summed E-state index contributed by atoms with van der Waals surface area (Å²) in [6.45, 7) is 10.9. The Bertz CT molecular complexity index is 633. The third-order valence-corrected chi connectivity index (χ3v) is 5.58. The smallest absolute Gasteiger partial charge is 0.166 e. The fourth-order valence-corrected chi connectivity index (χ4v) is 4.20. The van der Waals surface area contributed by atoms with Gasteiger partial charge in [0.15, 0.2) is 12.5 Å². The molecule has 1 aromatic carbocycles. The Hall–Kier alpha value is -1.61. The van der Waals surface area contributed by atoms with E-state index in [2.05, 4.69) is 56.0 Å². The van der Waals surface area contributed by atoms with Crippen LogP contribution in [0.5, 0.6) is 0 Å². The van der Waals surface area contributed by atoms with Crippen LogP contribution in [0.15, 0.2) is 41.6 Å². The predicted molar refractivity (Wildman–Crippen MR) is 102 cm³/mol. The van der Waals surface area contributed by atoms with Gasteiger partial charge in [0, 0.05) is 25.1 Å². The second-order valence-electron chi connectivity index (χ2n) is 8.55. The highest BCUT2D eigenvalue weighted by atomic mass is 16.1. The van der Waals surface area contributed by atoms with E-state index >= 15 is 0 Å². The van der Waals surface area contributed by atoms with Crippen LogP contribution in [-0.2, 0) is 11.2 Å². The second-order valence-corrected chi connectivity index (χ2v) is 8.55. The van der Waals surface area contributed by atoms with Crippen LogP contribution < -0.4 is 4.90 Å². The summed E-state index contributed by atoms with van der Waals surface area (Å²) in [5.41, 5.74) is 4.00. The molecule has 2 aliphatic rings. The van der Waals surface area contributed by atoms with Crippen molar-refractivity contribution in [1.82, 2.24) is 4.90 Å². The van der Waals surface area contributed by atoms with Crippen LogP contribution in [0.2, 0.25) is 0 Å². The number of ketones is 1. The first-order chi connectivity index (χ1) is 12.0. The minimum absolute atomic E-state index is 0.113. The molecule has 0 saturated heterocycles. The lowest BCUT2D eigenvalue weighted by Crippen LogP contribution is -3.15. The topological polar surface area (TPSA) is 24.8 Å². The minimum Gasteiger partial charge on any atom is -0.328 e. The van der Waals surface area contributed by atoms with E-state index in [0.29, 0.717) is 12.2 Å². The Morgan fingerprint density at radius 1 is 1.16 bits per heavy atom. The highest BCUT2D eigenvalue weighted by Crippen LogP contribution is 2.38. The Morgan fingerprint density at radius 3 is 2.64 bits per heavy atom. The molecule has 0 spiro atoms. The van der Waals surface area contributed by atoms with Crippen LogP contribution in [0.3, 0.4) is 0 Å². The Balaban J connectivity index is 1.74. The standard InChI is InChI=1S/C22H32N2O/c1-4-5-12-24-17-23(13-11-18-9-7-6-8-10-18)16-19-20(24)14-22(2,3)15-21(19)25/h6-10H,4-5,11-17H2,1-3H3/p+1. The van der Waals surface area contributed by atoms with Gasteiger partial charge in [0.25, 0.3) is 0 Å². The molecule has 25 heavy (non-hydrogen) atoms. The van der Waals surface area contributed by atoms with Gasteiger partial charge in [-0.2, -0.15) is 0 Å². The van der Waals surface area contributed by atoms with E-state index < -0.39 is 0 Å². The van der Waals surface area contributed by atoms with Crippen molar-refractivity contribution in [2.45, 2.75) is 52.9 Å². The first kappa shape index (κ1) is 18.2. The van der Waals surface area contributed by atoms with Crippen LogP contribution in [0.4, 0.5) is 0 Å². The summed E-state index contributed by atoms with van der Waals surface area (Å²) in [7, 11) is 0. The van der Waals surface area contributed by atoms with E-state index in [1.54, 1.807) is 0 Å². The highest BCUT2D eigenvalue weighted by Gasteiger charge is 2.39. The van der Waals surface area contributed by atoms with E-state index in [0.717, 1.165) is 44.7 Å². The van der Waals surface area contributed by atoms with Gasteiger partial charge < -0.3 is 9.80 Å². The van der Waals surface area contributed by atoms with Gasteiger partial charge >= 0.3 is 0 Å². The fourth-order valence-electron chi connectivity index (χ4n) is 4.20. The molecule has 1 aliphatic heterocycles. The van der Waals surface area contributed by atoms with Gasteiger partial charge in [0.05, 0.1) is 12.1 Å². The zero-order valence-corrected chi connectivity index (χ0v) is 16.1. The number of carbonyl (C=O) groups is 1. The summed E-state index contributed by atoms with van der Waals surface area (Å²) in [5, 5.41) is 0. The lowest BCUT2D eigenvalue weighted by Gasteiger charge is -2.43. The average Bonchev–Trinajstić information content (AvgIpc) is 2.58. The van der Waals surface area contributed by atoms with Crippen molar-refractivity contribution in [1.29, 1.82) is 0 Å². The fraction of sp³-hybridized carbons (Fsp3) is 0.591. The molecule has 1 aliphatic carbocycles. The molecule has 1 N–H and O–H groups in total. The van der Waals surface area contributed by atoms with E-state index in [1.807, 2.05) is 0 Å². The van der Waals surface area contributed by atoms with Crippen molar-refractivity contribution in [3.63, 3.8) is 0 Å². The summed E-state index contributed by atoms with van der Waals surface area (Å²) in [6.07, 6.45) is 5.26. The van der Waals surface area contributed by atoms with Gasteiger partial charge in [0.1, 0.15) is 6.54 Å². The number of quaternary nitrogens is 1. The van der Waals surface area contributed by atoms with Gasteiger partial charge in [-0.3, -0.25) is 4.79 Å². The van der Waals surface area contributed by atoms with Crippen LogP contribution in [0.25, 0.3) is 0 Å². The Kier molecular flexibility index (Phi) is 5.63. The molecule has 0 bridgehead atoms. The summed E-state index contributed by atoms with van der Waals surface area (Å²) in [6, 6.07) is 10.7. The summed E-state index contributed by atoms with van der Waals surface area (Å²) in [4.78, 5) is 16.8. The summed E-state index contributed by atoms with van der Waals surface area (Å²) >= 11 is 0. The molecular weight excluding hydrogens is 308 g/mol. The van der Waals surface area contributed by atoms with Crippen molar-refractivity contribution < 1.29 is 9.69 Å². The number of unbranched alkanes of at least 4 members (excludes halogenated alkanes) is 1. The minimum atomic E-state index is 0.113. The van der Waals surface area contributed by atoms with E-state index in [-0.39, 0.29) is 5.41 Å². The average molecular weight is 342 g/mol. The normalized spacial score (nSPS) is 22.9. The molecule has 0 fully saturated rings. The van der Waals surface area contributed by atoms with Crippen molar-refractivity contribution in [3.05, 3.63) is 47.2 Å². The molecule has 0 amide bonds. The number of hydrogen-bond acceptors (Lipinski definition) is 2. The number of carbonyl (C=O) groups excluding carboxylic acids is 1. The van der Waals surface area contributed by atoms with Gasteiger partial charge in [-0.1, -0.05) is 57.5 Å². The number of rotatable bonds is 6. The van der Waals surface area contributed by atoms with Crippen LogP contribution in [0.1, 0.15) is 52.0 Å². The number of Topliss-reactive ketones (excluding diaryl/α,β-unsaturated/α-hetero) is 1. The summed E-state index contributed by atoms with van der Waals surface area (Å²) in [5.74, 6) is 0.393. The maximum absolute atomic E-state index is 12.8. The second kappa shape index (κ2) is 7.74. The van der Waals surface area contributed by atoms with Crippen LogP contribution in [-0.4, -0.2) is 37.0 Å². The quantitative estimate of drug-likeness (QED) is 0.861. The highest BCUT2D eigenvalue weighted by molar-refractivity contribution is 5.97. The zero-order valence-electron chi connectivity index (χ0n) is 16.1. The molecule has 1 atom stereocenters. The molecule has 136 valence electrons. The van der Waals surface area contributed by atoms with Crippen LogP contribution >= 0.6 is 0 Å². The van der Waals surface area contributed by atoms with Crippen molar-refractivity contribution in [3.8, 4) is 0 Å². The number of allylic oxidation sites excluding steroid dienone is 1. The lowest BCUT2D eigenvalue weighted by molar-refractivity contribution is -0.907. The number of nitrogens with zero attached hydrogens (tertiary/aromatic N) is 1. The number of hydrogen-bond donors (Lipinski definition) is 1. The Morgan fingerprint density at radius 2 is 1.92 bits per heavy atom. The molecule has 3 nitrogen and oxygen atoms in total. The van der Waals surface area contributed by atoms with Crippen molar-refractivity contribution in [2.24, 2.45) is 5.41 Å². The molecule has 1 aromatic rings. The maximum Gasteiger partial charge on any atom is 0.166 e.